The number of hydrogen-bond acceptors (Lipinski definition) is 0. The fourth-order valence-electron chi connectivity index (χ4n) is 4.87. The summed E-state index contributed by atoms with van der Waals surface area (Å²) >= 11 is 0. The lowest BCUT2D eigenvalue weighted by Gasteiger charge is -2.11. The van der Waals surface area contributed by atoms with Crippen LogP contribution in [0.3, 0.4) is 0 Å². The van der Waals surface area contributed by atoms with Gasteiger partial charge in [-0.05, 0) is 42.7 Å². The fraction of sp³-hybridized carbons (Fsp3) is 0.812. The molecule has 0 aliphatic heterocycles. The molecule has 0 aliphatic carbocycles. The van der Waals surface area contributed by atoms with E-state index in [0.29, 0.717) is 0 Å². The van der Waals surface area contributed by atoms with Crippen LogP contribution in [0.5, 0.6) is 0 Å². The Morgan fingerprint density at radius 2 is 0.812 bits per heavy atom. The highest BCUT2D eigenvalue weighted by molar-refractivity contribution is 5.22. The summed E-state index contributed by atoms with van der Waals surface area (Å²) in [4.78, 5) is 0. The van der Waals surface area contributed by atoms with Crippen LogP contribution < -0.4 is 0 Å². The lowest BCUT2D eigenvalue weighted by Crippen LogP contribution is -1.98. The summed E-state index contributed by atoms with van der Waals surface area (Å²) in [6.45, 7) is 7.03. The van der Waals surface area contributed by atoms with Gasteiger partial charge < -0.3 is 0 Å². The van der Waals surface area contributed by atoms with E-state index in [-0.39, 0.29) is 0 Å². The molecule has 1 atom stereocenters. The number of rotatable bonds is 23. The maximum Gasteiger partial charge on any atom is -0.0276 e. The summed E-state index contributed by atoms with van der Waals surface area (Å²) in [5.74, 6) is 0.876. The van der Waals surface area contributed by atoms with Crippen LogP contribution >= 0.6 is 0 Å². The minimum Gasteiger partial charge on any atom is -0.0654 e. The van der Waals surface area contributed by atoms with Gasteiger partial charge in [0.25, 0.3) is 0 Å². The molecule has 0 bridgehead atoms. The first-order chi connectivity index (χ1) is 15.8. The van der Waals surface area contributed by atoms with Crippen molar-refractivity contribution in [1.29, 1.82) is 0 Å². The number of unbranched alkanes of at least 4 members (excludes halogenated alkanes) is 16. The molecule has 0 saturated heterocycles. The van der Waals surface area contributed by atoms with Crippen molar-refractivity contribution >= 4 is 0 Å². The number of hydrogen-bond donors (Lipinski definition) is 0. The van der Waals surface area contributed by atoms with E-state index in [1.54, 1.807) is 5.56 Å². The van der Waals surface area contributed by atoms with Gasteiger partial charge in [0.15, 0.2) is 0 Å². The van der Waals surface area contributed by atoms with Crippen LogP contribution in [-0.2, 0) is 12.8 Å². The third-order valence-electron chi connectivity index (χ3n) is 7.32. The maximum atomic E-state index is 2.43. The van der Waals surface area contributed by atoms with Crippen molar-refractivity contribution < 1.29 is 0 Å². The molecule has 0 heteroatoms. The SMILES string of the molecule is CCCCCCCCCCCCCCCCCc1ccc(CCC(C)CCCCC)cc1. The van der Waals surface area contributed by atoms with Crippen molar-refractivity contribution in [3.05, 3.63) is 35.4 Å². The molecular formula is C32H58. The highest BCUT2D eigenvalue weighted by atomic mass is 14.1. The molecule has 0 nitrogen and oxygen atoms in total. The Kier molecular flexibility index (Phi) is 20.1. The molecule has 0 fully saturated rings. The van der Waals surface area contributed by atoms with E-state index in [9.17, 15) is 0 Å². The third-order valence-corrected chi connectivity index (χ3v) is 7.32. The highest BCUT2D eigenvalue weighted by Gasteiger charge is 2.03. The van der Waals surface area contributed by atoms with E-state index in [2.05, 4.69) is 45.0 Å². The summed E-state index contributed by atoms with van der Waals surface area (Å²) in [6.07, 6.45) is 31.1. The molecule has 0 aliphatic rings. The van der Waals surface area contributed by atoms with Crippen molar-refractivity contribution in [3.63, 3.8) is 0 Å². The number of aryl methyl sites for hydroxylation is 2. The highest BCUT2D eigenvalue weighted by Crippen LogP contribution is 2.18. The molecule has 32 heavy (non-hydrogen) atoms. The molecule has 186 valence electrons. The summed E-state index contributed by atoms with van der Waals surface area (Å²) in [7, 11) is 0. The van der Waals surface area contributed by atoms with Gasteiger partial charge >= 0.3 is 0 Å². The number of benzene rings is 1. The molecule has 0 heterocycles. The summed E-state index contributed by atoms with van der Waals surface area (Å²) in [5, 5.41) is 0. The normalized spacial score (nSPS) is 12.3. The summed E-state index contributed by atoms with van der Waals surface area (Å²) < 4.78 is 0. The first-order valence-electron chi connectivity index (χ1n) is 14.8. The molecule has 1 rings (SSSR count). The van der Waals surface area contributed by atoms with Crippen LogP contribution in [0.1, 0.15) is 160 Å². The third kappa shape index (κ3) is 17.7. The lowest BCUT2D eigenvalue weighted by molar-refractivity contribution is 0.464. The Bertz CT molecular complexity index is 485. The van der Waals surface area contributed by atoms with Gasteiger partial charge in [-0.1, -0.05) is 161 Å². The quantitative estimate of drug-likeness (QED) is 0.148. The minimum atomic E-state index is 0.876. The van der Waals surface area contributed by atoms with Crippen molar-refractivity contribution in [2.75, 3.05) is 0 Å². The van der Waals surface area contributed by atoms with Gasteiger partial charge in [-0.25, -0.2) is 0 Å². The molecule has 0 saturated carbocycles. The second-order valence-electron chi connectivity index (χ2n) is 10.7. The van der Waals surface area contributed by atoms with Gasteiger partial charge in [-0.3, -0.25) is 0 Å². The molecule has 0 spiro atoms. The van der Waals surface area contributed by atoms with E-state index in [1.165, 1.54) is 147 Å². The van der Waals surface area contributed by atoms with Gasteiger partial charge in [0.1, 0.15) is 0 Å². The standard InChI is InChI=1S/C32H58/c1-4-6-8-9-10-11-12-13-14-15-16-17-18-19-21-23-31-26-28-32(29-27-31)25-24-30(3)22-20-7-5-2/h26-30H,4-25H2,1-3H3. The monoisotopic (exact) mass is 442 g/mol. The Hall–Kier alpha value is -0.780. The zero-order valence-corrected chi connectivity index (χ0v) is 22.4. The van der Waals surface area contributed by atoms with Crippen LogP contribution in [0.4, 0.5) is 0 Å². The predicted octanol–water partition coefficient (Wildman–Crippen LogP) is 11.2. The first kappa shape index (κ1) is 29.3. The van der Waals surface area contributed by atoms with E-state index in [0.717, 1.165) is 5.92 Å². The molecule has 0 radical (unpaired) electrons. The second-order valence-corrected chi connectivity index (χ2v) is 10.7. The largest absolute Gasteiger partial charge is 0.0654 e. The van der Waals surface area contributed by atoms with Gasteiger partial charge in [0, 0.05) is 0 Å². The van der Waals surface area contributed by atoms with Gasteiger partial charge in [-0.15, -0.1) is 0 Å². The maximum absolute atomic E-state index is 2.43. The molecule has 1 aromatic carbocycles. The molecule has 1 unspecified atom stereocenters. The van der Waals surface area contributed by atoms with Gasteiger partial charge in [-0.2, -0.15) is 0 Å². The van der Waals surface area contributed by atoms with Gasteiger partial charge in [0.2, 0.25) is 0 Å². The second kappa shape index (κ2) is 22.0. The smallest absolute Gasteiger partial charge is 0.0276 e. The van der Waals surface area contributed by atoms with Crippen LogP contribution in [0.25, 0.3) is 0 Å². The van der Waals surface area contributed by atoms with Crippen molar-refractivity contribution in [2.45, 2.75) is 162 Å². The Morgan fingerprint density at radius 1 is 0.438 bits per heavy atom. The average Bonchev–Trinajstić information content (AvgIpc) is 2.81. The van der Waals surface area contributed by atoms with E-state index in [1.807, 2.05) is 0 Å². The Balaban J connectivity index is 1.91. The molecular weight excluding hydrogens is 384 g/mol. The van der Waals surface area contributed by atoms with E-state index < -0.39 is 0 Å². The van der Waals surface area contributed by atoms with Crippen molar-refractivity contribution in [2.24, 2.45) is 5.92 Å². The first-order valence-corrected chi connectivity index (χ1v) is 14.8. The molecule has 0 N–H and O–H groups in total. The molecule has 1 aromatic rings. The van der Waals surface area contributed by atoms with Crippen LogP contribution in [-0.4, -0.2) is 0 Å². The average molecular weight is 443 g/mol. The van der Waals surface area contributed by atoms with Crippen LogP contribution in [0, 0.1) is 5.92 Å². The topological polar surface area (TPSA) is 0 Å². The minimum absolute atomic E-state index is 0.876. The van der Waals surface area contributed by atoms with Crippen molar-refractivity contribution in [1.82, 2.24) is 0 Å². The van der Waals surface area contributed by atoms with E-state index >= 15 is 0 Å². The van der Waals surface area contributed by atoms with Crippen LogP contribution in [0.15, 0.2) is 24.3 Å². The fourth-order valence-corrected chi connectivity index (χ4v) is 4.87. The molecule has 0 amide bonds. The Morgan fingerprint density at radius 3 is 1.28 bits per heavy atom. The zero-order valence-electron chi connectivity index (χ0n) is 22.4. The van der Waals surface area contributed by atoms with E-state index in [4.69, 9.17) is 0 Å². The zero-order chi connectivity index (χ0) is 23.1. The van der Waals surface area contributed by atoms with Crippen LogP contribution in [0.2, 0.25) is 0 Å². The summed E-state index contributed by atoms with van der Waals surface area (Å²) in [5.41, 5.74) is 3.08. The van der Waals surface area contributed by atoms with Gasteiger partial charge in [0.05, 0.1) is 0 Å². The summed E-state index contributed by atoms with van der Waals surface area (Å²) in [6, 6.07) is 9.56. The Labute approximate surface area is 203 Å². The predicted molar refractivity (Wildman–Crippen MR) is 147 cm³/mol. The van der Waals surface area contributed by atoms with Crippen molar-refractivity contribution in [3.8, 4) is 0 Å². The molecule has 0 aromatic heterocycles. The lowest BCUT2D eigenvalue weighted by atomic mass is 9.95.